The number of nitrogens with zero attached hydrogens (tertiary/aromatic N) is 3. The molecule has 48 heavy (non-hydrogen) atoms. The Morgan fingerprint density at radius 3 is 2.10 bits per heavy atom. The van der Waals surface area contributed by atoms with Crippen molar-refractivity contribution in [2.45, 2.75) is 0 Å². The number of hydrogen-bond donors (Lipinski definition) is 0. The number of furan rings is 1. The summed E-state index contributed by atoms with van der Waals surface area (Å²) in [6.45, 7) is 0. The second kappa shape index (κ2) is 10.5. The summed E-state index contributed by atoms with van der Waals surface area (Å²) in [5.74, 6) is 0.884. The summed E-state index contributed by atoms with van der Waals surface area (Å²) in [6.07, 6.45) is 3.79. The van der Waals surface area contributed by atoms with Gasteiger partial charge in [-0.25, -0.2) is 0 Å². The minimum Gasteiger partial charge on any atom is -0.455 e. The average molecular weight is 614 g/mol. The van der Waals surface area contributed by atoms with Crippen molar-refractivity contribution in [2.24, 2.45) is 0 Å². The Balaban J connectivity index is 1.20. The van der Waals surface area contributed by atoms with Crippen molar-refractivity contribution in [1.82, 2.24) is 14.5 Å². The summed E-state index contributed by atoms with van der Waals surface area (Å²) in [7, 11) is 0. The number of hydrogen-bond acceptors (Lipinski definition) is 3. The van der Waals surface area contributed by atoms with Gasteiger partial charge in [0.25, 0.3) is 0 Å². The van der Waals surface area contributed by atoms with Gasteiger partial charge in [-0.1, -0.05) is 109 Å². The van der Waals surface area contributed by atoms with Gasteiger partial charge < -0.3 is 8.98 Å². The topological polar surface area (TPSA) is 43.9 Å². The van der Waals surface area contributed by atoms with Gasteiger partial charge in [0.05, 0.1) is 27.5 Å². The van der Waals surface area contributed by atoms with Crippen LogP contribution in [0.2, 0.25) is 0 Å². The molecule has 10 aromatic rings. The summed E-state index contributed by atoms with van der Waals surface area (Å²) in [5.41, 5.74) is 11.5. The van der Waals surface area contributed by atoms with E-state index in [1.807, 2.05) is 24.5 Å². The third kappa shape index (κ3) is 4.03. The minimum absolute atomic E-state index is 0.884. The van der Waals surface area contributed by atoms with Crippen molar-refractivity contribution in [3.8, 4) is 39.3 Å². The molecule has 0 saturated heterocycles. The summed E-state index contributed by atoms with van der Waals surface area (Å²) in [4.78, 5) is 9.50. The monoisotopic (exact) mass is 613 g/mol. The Kier molecular flexibility index (Phi) is 5.84. The van der Waals surface area contributed by atoms with Gasteiger partial charge in [0.2, 0.25) is 0 Å². The Labute approximate surface area is 276 Å². The molecule has 0 spiro atoms. The van der Waals surface area contributed by atoms with E-state index in [9.17, 15) is 0 Å². The van der Waals surface area contributed by atoms with Crippen LogP contribution in [0.1, 0.15) is 0 Å². The van der Waals surface area contributed by atoms with Crippen molar-refractivity contribution in [2.75, 3.05) is 0 Å². The molecule has 0 fully saturated rings. The Morgan fingerprint density at radius 2 is 1.23 bits per heavy atom. The molecule has 0 bridgehead atoms. The van der Waals surface area contributed by atoms with E-state index in [-0.39, 0.29) is 0 Å². The fourth-order valence-electron chi connectivity index (χ4n) is 7.29. The van der Waals surface area contributed by atoms with Gasteiger partial charge in [0, 0.05) is 56.3 Å². The predicted molar refractivity (Wildman–Crippen MR) is 197 cm³/mol. The fourth-order valence-corrected chi connectivity index (χ4v) is 7.29. The number of pyridine rings is 2. The zero-order chi connectivity index (χ0) is 31.6. The molecule has 10 rings (SSSR count). The molecule has 224 valence electrons. The van der Waals surface area contributed by atoms with Crippen molar-refractivity contribution in [3.05, 3.63) is 164 Å². The molecule has 4 nitrogen and oxygen atoms in total. The molecular formula is C44H27N3O. The van der Waals surface area contributed by atoms with E-state index < -0.39 is 0 Å². The molecule has 0 amide bonds. The minimum atomic E-state index is 0.884. The zero-order valence-electron chi connectivity index (χ0n) is 25.8. The normalized spacial score (nSPS) is 11.8. The van der Waals surface area contributed by atoms with Crippen LogP contribution in [0.15, 0.2) is 168 Å². The first-order valence-electron chi connectivity index (χ1n) is 16.2. The van der Waals surface area contributed by atoms with E-state index in [2.05, 4.69) is 149 Å². The van der Waals surface area contributed by atoms with Gasteiger partial charge >= 0.3 is 0 Å². The van der Waals surface area contributed by atoms with Gasteiger partial charge in [-0.3, -0.25) is 9.97 Å². The molecule has 0 saturated carbocycles. The Bertz CT molecular complexity index is 2830. The molecule has 0 aliphatic rings. The first kappa shape index (κ1) is 26.7. The van der Waals surface area contributed by atoms with Crippen LogP contribution in [0, 0.1) is 0 Å². The summed E-state index contributed by atoms with van der Waals surface area (Å²) in [6, 6.07) is 53.3. The summed E-state index contributed by atoms with van der Waals surface area (Å²) < 4.78 is 9.30. The quantitative estimate of drug-likeness (QED) is 0.186. The van der Waals surface area contributed by atoms with Crippen molar-refractivity contribution >= 4 is 54.6 Å². The number of benzene rings is 6. The van der Waals surface area contributed by atoms with E-state index >= 15 is 0 Å². The molecular weight excluding hydrogens is 587 g/mol. The van der Waals surface area contributed by atoms with Crippen LogP contribution >= 0.6 is 0 Å². The van der Waals surface area contributed by atoms with Crippen LogP contribution in [0.3, 0.4) is 0 Å². The van der Waals surface area contributed by atoms with Gasteiger partial charge in [0.1, 0.15) is 11.3 Å². The maximum absolute atomic E-state index is 6.95. The highest BCUT2D eigenvalue weighted by Crippen LogP contribution is 2.46. The van der Waals surface area contributed by atoms with Crippen LogP contribution in [-0.2, 0) is 0 Å². The lowest BCUT2D eigenvalue weighted by atomic mass is 9.98. The molecule has 0 N–H and O–H groups in total. The molecule has 0 radical (unpaired) electrons. The second-order valence-electron chi connectivity index (χ2n) is 12.2. The highest BCUT2D eigenvalue weighted by Gasteiger charge is 2.23. The molecule has 0 atom stereocenters. The Hall–Kier alpha value is -6.52. The lowest BCUT2D eigenvalue weighted by molar-refractivity contribution is 0.636. The van der Waals surface area contributed by atoms with Gasteiger partial charge in [-0.2, -0.15) is 0 Å². The van der Waals surface area contributed by atoms with Crippen molar-refractivity contribution in [1.29, 1.82) is 0 Å². The van der Waals surface area contributed by atoms with Crippen LogP contribution in [0.4, 0.5) is 0 Å². The third-order valence-corrected chi connectivity index (χ3v) is 9.45. The lowest BCUT2D eigenvalue weighted by Crippen LogP contribution is -1.94. The molecule has 6 aromatic carbocycles. The number of fused-ring (bicyclic) bond motifs is 8. The van der Waals surface area contributed by atoms with Gasteiger partial charge in [-0.15, -0.1) is 0 Å². The summed E-state index contributed by atoms with van der Waals surface area (Å²) >= 11 is 0. The van der Waals surface area contributed by atoms with Crippen molar-refractivity contribution < 1.29 is 4.42 Å². The molecule has 0 aliphatic carbocycles. The highest BCUT2D eigenvalue weighted by atomic mass is 16.3. The van der Waals surface area contributed by atoms with Crippen LogP contribution < -0.4 is 0 Å². The number of para-hydroxylation sites is 1. The first-order chi connectivity index (χ1) is 23.8. The third-order valence-electron chi connectivity index (χ3n) is 9.45. The first-order valence-corrected chi connectivity index (χ1v) is 16.2. The van der Waals surface area contributed by atoms with E-state index in [1.54, 1.807) is 0 Å². The second-order valence-corrected chi connectivity index (χ2v) is 12.2. The van der Waals surface area contributed by atoms with Gasteiger partial charge in [0.15, 0.2) is 0 Å². The molecule has 4 aromatic heterocycles. The van der Waals surface area contributed by atoms with E-state index in [0.717, 1.165) is 93.8 Å². The smallest absolute Gasteiger partial charge is 0.145 e. The van der Waals surface area contributed by atoms with Crippen LogP contribution in [0.25, 0.3) is 93.8 Å². The van der Waals surface area contributed by atoms with E-state index in [1.165, 1.54) is 0 Å². The zero-order valence-corrected chi connectivity index (χ0v) is 25.8. The maximum atomic E-state index is 6.95. The van der Waals surface area contributed by atoms with Crippen LogP contribution in [0.5, 0.6) is 0 Å². The number of aromatic nitrogens is 3. The van der Waals surface area contributed by atoms with E-state index in [4.69, 9.17) is 9.40 Å². The molecule has 4 heteroatoms. The lowest BCUT2D eigenvalue weighted by Gasteiger charge is -2.11. The SMILES string of the molecule is c1ccc(-c2oc3c(ccc4c3c3ccccc3n4-c3cccc(-c4cnc5c(ccc6cccnc65)c4)c3)c2-c2ccccc2)cc1. The van der Waals surface area contributed by atoms with Crippen molar-refractivity contribution in [3.63, 3.8) is 0 Å². The largest absolute Gasteiger partial charge is 0.455 e. The number of rotatable bonds is 4. The van der Waals surface area contributed by atoms with Gasteiger partial charge in [-0.05, 0) is 53.6 Å². The molecule has 4 heterocycles. The maximum Gasteiger partial charge on any atom is 0.145 e. The highest BCUT2D eigenvalue weighted by molar-refractivity contribution is 6.22. The van der Waals surface area contributed by atoms with Crippen LogP contribution in [-0.4, -0.2) is 14.5 Å². The van der Waals surface area contributed by atoms with E-state index in [0.29, 0.717) is 0 Å². The predicted octanol–water partition coefficient (Wildman–Crippen LogP) is 11.6. The molecule has 0 unspecified atom stereocenters. The fraction of sp³-hybridized carbons (Fsp3) is 0. The molecule has 0 aliphatic heterocycles. The Morgan fingerprint density at radius 1 is 0.479 bits per heavy atom. The average Bonchev–Trinajstić information content (AvgIpc) is 3.72. The standard InChI is InChI=1S/C44H27N3O/c1-3-11-28(12-4-1)39-36-22-23-38-40(44(36)48-43(39)30-13-5-2-6-14-30)35-18-7-8-19-37(35)47(38)34-17-9-15-31(26-34)33-25-32-21-20-29-16-10-24-45-41(29)42(32)46-27-33/h1-27H. The summed E-state index contributed by atoms with van der Waals surface area (Å²) in [5, 5.41) is 5.54.